The predicted octanol–water partition coefficient (Wildman–Crippen LogP) is 6.02. The van der Waals surface area contributed by atoms with E-state index in [4.69, 9.17) is 14.2 Å². The Labute approximate surface area is 301 Å². The van der Waals surface area contributed by atoms with E-state index >= 15 is 0 Å². The summed E-state index contributed by atoms with van der Waals surface area (Å²) < 4.78 is 18.5. The van der Waals surface area contributed by atoms with Crippen molar-refractivity contribution in [2.75, 3.05) is 32.7 Å². The Balaban J connectivity index is 1.13. The fourth-order valence-electron chi connectivity index (χ4n) is 6.88. The lowest BCUT2D eigenvalue weighted by atomic mass is 9.89. The van der Waals surface area contributed by atoms with E-state index in [2.05, 4.69) is 88.8 Å². The van der Waals surface area contributed by atoms with Gasteiger partial charge >= 0.3 is 5.97 Å². The normalized spacial score (nSPS) is 21.9. The largest absolute Gasteiger partial charge is 0.453 e. The van der Waals surface area contributed by atoms with Gasteiger partial charge in [0.05, 0.1) is 18.8 Å². The van der Waals surface area contributed by atoms with Gasteiger partial charge in [0.2, 0.25) is 0 Å². The first kappa shape index (κ1) is 36.4. The van der Waals surface area contributed by atoms with Crippen LogP contribution in [0.5, 0.6) is 0 Å². The van der Waals surface area contributed by atoms with Gasteiger partial charge in [0, 0.05) is 64.2 Å². The zero-order chi connectivity index (χ0) is 35.7. The Morgan fingerprint density at radius 3 is 2.16 bits per heavy atom. The lowest BCUT2D eigenvalue weighted by molar-refractivity contribution is -0.276. The van der Waals surface area contributed by atoms with E-state index in [1.807, 2.05) is 36.4 Å². The highest BCUT2D eigenvalue weighted by Gasteiger charge is 2.39. The molecule has 4 aromatic carbocycles. The minimum atomic E-state index is -0.848. The number of ether oxygens (including phenoxy) is 3. The molecule has 51 heavy (non-hydrogen) atoms. The first-order valence-electron chi connectivity index (χ1n) is 17.9. The summed E-state index contributed by atoms with van der Waals surface area (Å²) in [6.45, 7) is 11.2. The fraction of sp³-hybridized carbons (Fsp3) is 0.381. The van der Waals surface area contributed by atoms with Gasteiger partial charge in [0.25, 0.3) is 5.91 Å². The first-order chi connectivity index (χ1) is 24.7. The van der Waals surface area contributed by atoms with Crippen LogP contribution in [0.25, 0.3) is 11.1 Å². The van der Waals surface area contributed by atoms with Crippen molar-refractivity contribution < 1.29 is 28.9 Å². The molecule has 2 aliphatic rings. The van der Waals surface area contributed by atoms with Crippen molar-refractivity contribution >= 4 is 11.9 Å². The topological polar surface area (TPSA) is 101 Å². The van der Waals surface area contributed by atoms with Crippen molar-refractivity contribution in [3.63, 3.8) is 0 Å². The molecule has 0 bridgehead atoms. The molecule has 2 heterocycles. The summed E-state index contributed by atoms with van der Waals surface area (Å²) >= 11 is 0. The molecule has 2 aliphatic heterocycles. The number of carbonyl (C=O) groups is 2. The van der Waals surface area contributed by atoms with Gasteiger partial charge in [-0.2, -0.15) is 0 Å². The molecule has 0 radical (unpaired) electrons. The third-order valence-electron chi connectivity index (χ3n) is 9.90. The second-order valence-electron chi connectivity index (χ2n) is 13.7. The van der Waals surface area contributed by atoms with Crippen LogP contribution in [0.2, 0.25) is 0 Å². The summed E-state index contributed by atoms with van der Waals surface area (Å²) in [5.74, 6) is -0.714. The maximum Gasteiger partial charge on any atom is 0.303 e. The molecule has 6 rings (SSSR count). The summed E-state index contributed by atoms with van der Waals surface area (Å²) in [5, 5.41) is 12.5. The van der Waals surface area contributed by atoms with E-state index in [-0.39, 0.29) is 30.6 Å². The maximum absolute atomic E-state index is 12.3. The zero-order valence-corrected chi connectivity index (χ0v) is 29.7. The Hall–Kier alpha value is -4.38. The van der Waals surface area contributed by atoms with Gasteiger partial charge in [-0.1, -0.05) is 104 Å². The van der Waals surface area contributed by atoms with Crippen molar-refractivity contribution in [3.05, 3.63) is 131 Å². The Morgan fingerprint density at radius 2 is 1.47 bits per heavy atom. The van der Waals surface area contributed by atoms with Gasteiger partial charge in [-0.15, -0.1) is 0 Å². The monoisotopic (exact) mass is 691 g/mol. The average molecular weight is 692 g/mol. The molecule has 4 aromatic rings. The molecule has 2 fully saturated rings. The number of hydrogen-bond acceptors (Lipinski definition) is 8. The summed E-state index contributed by atoms with van der Waals surface area (Å²) in [6, 6.07) is 35.0. The van der Waals surface area contributed by atoms with Crippen LogP contribution in [0, 0.1) is 5.92 Å². The standard InChI is InChI=1S/C42H49N3O6/c1-29-39(27-45-22-20-44(21-23-45)26-32-8-5-4-6-9-32)50-42(51-40(29)36-14-12-33(28-46)13-15-36)37-18-16-35(17-19-37)38-11-7-10-34(24-38)25-43-41(48)30(2)49-31(3)47/h4-19,24,29-30,39-40,42,46H,20-23,25-28H2,1-3H3,(H,43,48). The van der Waals surface area contributed by atoms with Crippen LogP contribution in [0.1, 0.15) is 61.0 Å². The van der Waals surface area contributed by atoms with Gasteiger partial charge in [-0.05, 0) is 46.4 Å². The Bertz CT molecular complexity index is 1720. The van der Waals surface area contributed by atoms with Crippen LogP contribution < -0.4 is 5.32 Å². The predicted molar refractivity (Wildman–Crippen MR) is 196 cm³/mol. The van der Waals surface area contributed by atoms with Gasteiger partial charge in [0.15, 0.2) is 12.4 Å². The van der Waals surface area contributed by atoms with Gasteiger partial charge < -0.3 is 24.6 Å². The minimum Gasteiger partial charge on any atom is -0.453 e. The molecule has 0 aromatic heterocycles. The van der Waals surface area contributed by atoms with Crippen LogP contribution in [-0.2, 0) is 43.5 Å². The third kappa shape index (κ3) is 9.70. The highest BCUT2D eigenvalue weighted by atomic mass is 16.7. The van der Waals surface area contributed by atoms with Gasteiger partial charge in [-0.3, -0.25) is 19.4 Å². The number of aliphatic hydroxyl groups excluding tert-OH is 1. The molecule has 9 nitrogen and oxygen atoms in total. The van der Waals surface area contributed by atoms with E-state index in [1.165, 1.54) is 12.5 Å². The molecule has 5 atom stereocenters. The number of piperazine rings is 1. The van der Waals surface area contributed by atoms with E-state index in [1.54, 1.807) is 6.92 Å². The molecule has 2 saturated heterocycles. The number of nitrogens with zero attached hydrogens (tertiary/aromatic N) is 2. The number of carbonyl (C=O) groups excluding carboxylic acids is 2. The quantitative estimate of drug-likeness (QED) is 0.174. The summed E-state index contributed by atoms with van der Waals surface area (Å²) in [7, 11) is 0. The molecule has 0 spiro atoms. The van der Waals surface area contributed by atoms with E-state index in [9.17, 15) is 14.7 Å². The smallest absolute Gasteiger partial charge is 0.303 e. The highest BCUT2D eigenvalue weighted by Crippen LogP contribution is 2.42. The van der Waals surface area contributed by atoms with Crippen molar-refractivity contribution in [3.8, 4) is 11.1 Å². The molecule has 5 unspecified atom stereocenters. The summed E-state index contributed by atoms with van der Waals surface area (Å²) in [4.78, 5) is 28.6. The number of nitrogens with one attached hydrogen (secondary N) is 1. The summed E-state index contributed by atoms with van der Waals surface area (Å²) in [6.07, 6.45) is -1.60. The van der Waals surface area contributed by atoms with Gasteiger partial charge in [-0.25, -0.2) is 0 Å². The molecule has 1 amide bonds. The average Bonchev–Trinajstić information content (AvgIpc) is 3.16. The van der Waals surface area contributed by atoms with E-state index in [0.717, 1.165) is 72.6 Å². The lowest BCUT2D eigenvalue weighted by Crippen LogP contribution is -2.51. The van der Waals surface area contributed by atoms with E-state index < -0.39 is 18.4 Å². The maximum atomic E-state index is 12.3. The highest BCUT2D eigenvalue weighted by molar-refractivity contribution is 5.82. The molecular formula is C42H49N3O6. The van der Waals surface area contributed by atoms with Crippen molar-refractivity contribution in [2.24, 2.45) is 5.92 Å². The van der Waals surface area contributed by atoms with Crippen molar-refractivity contribution in [1.29, 1.82) is 0 Å². The molecule has 0 saturated carbocycles. The Kier molecular flexibility index (Phi) is 12.3. The van der Waals surface area contributed by atoms with Crippen LogP contribution in [0.15, 0.2) is 103 Å². The number of hydrogen-bond donors (Lipinski definition) is 2. The number of benzene rings is 4. The molecule has 268 valence electrons. The van der Waals surface area contributed by atoms with Crippen LogP contribution in [0.3, 0.4) is 0 Å². The molecule has 9 heteroatoms. The van der Waals surface area contributed by atoms with Crippen molar-refractivity contribution in [2.45, 2.75) is 65.1 Å². The SMILES string of the molecule is CC(=O)OC(C)C(=O)NCc1cccc(-c2ccc(C3OC(CN4CCN(Cc5ccccc5)CC4)C(C)C(c4ccc(CO)cc4)O3)cc2)c1. The molecular weight excluding hydrogens is 642 g/mol. The number of esters is 1. The first-order valence-corrected chi connectivity index (χ1v) is 17.9. The lowest BCUT2D eigenvalue weighted by Gasteiger charge is -2.44. The number of rotatable bonds is 12. The Morgan fingerprint density at radius 1 is 0.804 bits per heavy atom. The van der Waals surface area contributed by atoms with E-state index in [0.29, 0.717) is 6.54 Å². The molecule has 2 N–H and O–H groups in total. The number of aliphatic hydroxyl groups is 1. The second kappa shape index (κ2) is 17.2. The van der Waals surface area contributed by atoms with Gasteiger partial charge in [0.1, 0.15) is 0 Å². The zero-order valence-electron chi connectivity index (χ0n) is 29.7. The van der Waals surface area contributed by atoms with Crippen LogP contribution in [-0.4, -0.2) is 71.7 Å². The summed E-state index contributed by atoms with van der Waals surface area (Å²) in [5.41, 5.74) is 7.24. The minimum absolute atomic E-state index is 0.00511. The number of amides is 1. The fourth-order valence-corrected chi connectivity index (χ4v) is 6.88. The molecule has 0 aliphatic carbocycles. The third-order valence-corrected chi connectivity index (χ3v) is 9.90. The van der Waals surface area contributed by atoms with Crippen LogP contribution in [0.4, 0.5) is 0 Å². The van der Waals surface area contributed by atoms with Crippen LogP contribution >= 0.6 is 0 Å². The van der Waals surface area contributed by atoms with Crippen molar-refractivity contribution in [1.82, 2.24) is 15.1 Å². The second-order valence-corrected chi connectivity index (χ2v) is 13.7.